The Labute approximate surface area is 155 Å². The third kappa shape index (κ3) is 5.68. The van der Waals surface area contributed by atoms with Gasteiger partial charge in [0.25, 0.3) is 0 Å². The molecule has 2 aromatic rings. The Morgan fingerprint density at radius 3 is 2.38 bits per heavy atom. The van der Waals surface area contributed by atoms with E-state index in [1.807, 2.05) is 43.3 Å². The van der Waals surface area contributed by atoms with Crippen molar-refractivity contribution in [2.24, 2.45) is 0 Å². The molecule has 140 valence electrons. The molecule has 0 aliphatic rings. The number of anilines is 1. The second-order valence-corrected chi connectivity index (χ2v) is 8.24. The summed E-state index contributed by atoms with van der Waals surface area (Å²) in [4.78, 5) is 12.2. The molecule has 0 aliphatic heterocycles. The van der Waals surface area contributed by atoms with E-state index < -0.39 is 10.0 Å². The molecule has 2 aromatic carbocycles. The van der Waals surface area contributed by atoms with Crippen LogP contribution >= 0.6 is 0 Å². The van der Waals surface area contributed by atoms with E-state index in [0.717, 1.165) is 23.2 Å². The molecule has 2 N–H and O–H groups in total. The Kier molecular flexibility index (Phi) is 6.94. The van der Waals surface area contributed by atoms with Crippen LogP contribution in [0.1, 0.15) is 44.2 Å². The zero-order valence-electron chi connectivity index (χ0n) is 15.5. The lowest BCUT2D eigenvalue weighted by molar-refractivity contribution is -0.116. The van der Waals surface area contributed by atoms with Gasteiger partial charge < -0.3 is 5.32 Å². The van der Waals surface area contributed by atoms with Gasteiger partial charge in [-0.3, -0.25) is 4.79 Å². The van der Waals surface area contributed by atoms with Crippen molar-refractivity contribution in [1.82, 2.24) is 4.72 Å². The van der Waals surface area contributed by atoms with Gasteiger partial charge in [0.15, 0.2) is 0 Å². The van der Waals surface area contributed by atoms with Crippen molar-refractivity contribution in [2.75, 3.05) is 11.9 Å². The molecule has 1 amide bonds. The number of carbonyl (C=O) groups is 1. The molecule has 2 rings (SSSR count). The van der Waals surface area contributed by atoms with Gasteiger partial charge in [-0.25, -0.2) is 13.1 Å². The summed E-state index contributed by atoms with van der Waals surface area (Å²) in [5.74, 6) is 0.116. The Morgan fingerprint density at radius 2 is 1.77 bits per heavy atom. The molecular formula is C20H26N2O3S. The molecule has 0 fully saturated rings. The standard InChI is InChI=1S/C20H26N2O3S/c1-4-16-6-5-7-18(14-16)22-20(23)12-13-21-26(24,25)19-10-8-17(9-11-19)15(2)3/h5-11,14-15,21H,4,12-13H2,1-3H3,(H,22,23). The van der Waals surface area contributed by atoms with Gasteiger partial charge in [-0.15, -0.1) is 0 Å². The fourth-order valence-corrected chi connectivity index (χ4v) is 3.54. The van der Waals surface area contributed by atoms with E-state index in [4.69, 9.17) is 0 Å². The van der Waals surface area contributed by atoms with Crippen LogP contribution in [0.4, 0.5) is 5.69 Å². The average Bonchev–Trinajstić information content (AvgIpc) is 2.61. The maximum Gasteiger partial charge on any atom is 0.240 e. The molecule has 0 heterocycles. The molecule has 0 spiro atoms. The first-order chi connectivity index (χ1) is 12.3. The summed E-state index contributed by atoms with van der Waals surface area (Å²) in [5.41, 5.74) is 2.94. The van der Waals surface area contributed by atoms with E-state index in [-0.39, 0.29) is 23.8 Å². The minimum absolute atomic E-state index is 0.0492. The monoisotopic (exact) mass is 374 g/mol. The fourth-order valence-electron chi connectivity index (χ4n) is 2.51. The number of sulfonamides is 1. The number of hydrogen-bond donors (Lipinski definition) is 2. The predicted octanol–water partition coefficient (Wildman–Crippen LogP) is 3.68. The van der Waals surface area contributed by atoms with Crippen LogP contribution in [0.2, 0.25) is 0 Å². The Hall–Kier alpha value is -2.18. The second-order valence-electron chi connectivity index (χ2n) is 6.47. The highest BCUT2D eigenvalue weighted by atomic mass is 32.2. The van der Waals surface area contributed by atoms with Crippen LogP contribution < -0.4 is 10.0 Å². The summed E-state index contributed by atoms with van der Waals surface area (Å²) in [6, 6.07) is 14.4. The number of aryl methyl sites for hydroxylation is 1. The maximum atomic E-state index is 12.3. The quantitative estimate of drug-likeness (QED) is 0.740. The summed E-state index contributed by atoms with van der Waals surface area (Å²) in [6.45, 7) is 6.20. The SMILES string of the molecule is CCc1cccc(NC(=O)CCNS(=O)(=O)c2ccc(C(C)C)cc2)c1. The van der Waals surface area contributed by atoms with Crippen molar-refractivity contribution in [3.63, 3.8) is 0 Å². The summed E-state index contributed by atoms with van der Waals surface area (Å²) < 4.78 is 27.1. The largest absolute Gasteiger partial charge is 0.326 e. The first-order valence-corrected chi connectivity index (χ1v) is 10.3. The van der Waals surface area contributed by atoms with Crippen molar-refractivity contribution in [3.05, 3.63) is 59.7 Å². The van der Waals surface area contributed by atoms with Crippen molar-refractivity contribution in [1.29, 1.82) is 0 Å². The highest BCUT2D eigenvalue weighted by Gasteiger charge is 2.14. The number of benzene rings is 2. The summed E-state index contributed by atoms with van der Waals surface area (Å²) in [5, 5.41) is 2.79. The molecule has 0 saturated carbocycles. The highest BCUT2D eigenvalue weighted by molar-refractivity contribution is 7.89. The molecular weight excluding hydrogens is 348 g/mol. The highest BCUT2D eigenvalue weighted by Crippen LogP contribution is 2.17. The van der Waals surface area contributed by atoms with E-state index in [0.29, 0.717) is 5.92 Å². The van der Waals surface area contributed by atoms with Gasteiger partial charge in [-0.2, -0.15) is 0 Å². The van der Waals surface area contributed by atoms with Gasteiger partial charge in [0.1, 0.15) is 0 Å². The van der Waals surface area contributed by atoms with Gasteiger partial charge in [-0.05, 0) is 47.7 Å². The lowest BCUT2D eigenvalue weighted by Crippen LogP contribution is -2.27. The molecule has 0 saturated heterocycles. The van der Waals surface area contributed by atoms with Crippen molar-refractivity contribution in [2.45, 2.75) is 44.4 Å². The van der Waals surface area contributed by atoms with Crippen LogP contribution in [0, 0.1) is 0 Å². The molecule has 0 unspecified atom stereocenters. The van der Waals surface area contributed by atoms with E-state index in [9.17, 15) is 13.2 Å². The number of carbonyl (C=O) groups excluding carboxylic acids is 1. The first-order valence-electron chi connectivity index (χ1n) is 8.80. The molecule has 6 heteroatoms. The molecule has 0 atom stereocenters. The number of hydrogen-bond acceptors (Lipinski definition) is 3. The molecule has 0 aromatic heterocycles. The van der Waals surface area contributed by atoms with Gasteiger partial charge in [0.05, 0.1) is 4.90 Å². The topological polar surface area (TPSA) is 75.3 Å². The van der Waals surface area contributed by atoms with Crippen LogP contribution in [0.25, 0.3) is 0 Å². The minimum atomic E-state index is -3.61. The maximum absolute atomic E-state index is 12.3. The average molecular weight is 375 g/mol. The van der Waals surface area contributed by atoms with E-state index in [2.05, 4.69) is 23.9 Å². The normalized spacial score (nSPS) is 11.5. The van der Waals surface area contributed by atoms with Crippen LogP contribution in [0.15, 0.2) is 53.4 Å². The summed E-state index contributed by atoms with van der Waals surface area (Å²) >= 11 is 0. The van der Waals surface area contributed by atoms with Gasteiger partial charge in [-0.1, -0.05) is 45.0 Å². The van der Waals surface area contributed by atoms with Crippen LogP contribution in [-0.2, 0) is 21.2 Å². The van der Waals surface area contributed by atoms with Crippen molar-refractivity contribution in [3.8, 4) is 0 Å². The number of rotatable bonds is 8. The molecule has 0 radical (unpaired) electrons. The van der Waals surface area contributed by atoms with Crippen molar-refractivity contribution >= 4 is 21.6 Å². The van der Waals surface area contributed by atoms with Gasteiger partial charge >= 0.3 is 0 Å². The van der Waals surface area contributed by atoms with Crippen LogP contribution in [0.3, 0.4) is 0 Å². The van der Waals surface area contributed by atoms with Crippen LogP contribution in [-0.4, -0.2) is 20.9 Å². The molecule has 26 heavy (non-hydrogen) atoms. The zero-order valence-corrected chi connectivity index (χ0v) is 16.3. The smallest absolute Gasteiger partial charge is 0.240 e. The predicted molar refractivity (Wildman–Crippen MR) is 105 cm³/mol. The van der Waals surface area contributed by atoms with Gasteiger partial charge in [0, 0.05) is 18.7 Å². The third-order valence-corrected chi connectivity index (χ3v) is 5.60. The molecule has 5 nitrogen and oxygen atoms in total. The summed E-state index contributed by atoms with van der Waals surface area (Å²) in [6.07, 6.45) is 0.957. The Morgan fingerprint density at radius 1 is 1.08 bits per heavy atom. The fraction of sp³-hybridized carbons (Fsp3) is 0.350. The zero-order chi connectivity index (χ0) is 19.2. The molecule has 0 aliphatic carbocycles. The van der Waals surface area contributed by atoms with E-state index in [1.54, 1.807) is 12.1 Å². The minimum Gasteiger partial charge on any atom is -0.326 e. The molecule has 0 bridgehead atoms. The Bertz CT molecular complexity index is 844. The third-order valence-electron chi connectivity index (χ3n) is 4.12. The van der Waals surface area contributed by atoms with E-state index in [1.165, 1.54) is 0 Å². The summed E-state index contributed by atoms with van der Waals surface area (Å²) in [7, 11) is -3.61. The lowest BCUT2D eigenvalue weighted by Gasteiger charge is -2.10. The van der Waals surface area contributed by atoms with Gasteiger partial charge in [0.2, 0.25) is 15.9 Å². The first kappa shape index (κ1) is 20.1. The Balaban J connectivity index is 1.88. The number of nitrogens with one attached hydrogen (secondary N) is 2. The van der Waals surface area contributed by atoms with Crippen molar-refractivity contribution < 1.29 is 13.2 Å². The van der Waals surface area contributed by atoms with E-state index >= 15 is 0 Å². The second kappa shape index (κ2) is 8.96. The lowest BCUT2D eigenvalue weighted by atomic mass is 10.0. The number of amides is 1. The van der Waals surface area contributed by atoms with Crippen LogP contribution in [0.5, 0.6) is 0 Å².